The number of aromatic nitrogens is 2. The number of pyridine rings is 1. The van der Waals surface area contributed by atoms with Crippen LogP contribution in [0.3, 0.4) is 0 Å². The molecule has 0 saturated heterocycles. The summed E-state index contributed by atoms with van der Waals surface area (Å²) in [5.74, 6) is -3.75. The van der Waals surface area contributed by atoms with E-state index in [1.165, 1.54) is 23.6 Å². The summed E-state index contributed by atoms with van der Waals surface area (Å²) in [6, 6.07) is 10.3. The van der Waals surface area contributed by atoms with Crippen LogP contribution in [0, 0.1) is 30.3 Å². The molecule has 0 radical (unpaired) electrons. The molecule has 0 aliphatic heterocycles. The lowest BCUT2D eigenvalue weighted by molar-refractivity contribution is -0.146. The number of hydrogen-bond acceptors (Lipinski definition) is 5. The summed E-state index contributed by atoms with van der Waals surface area (Å²) < 4.78 is 54.8. The maximum atomic E-state index is 14.8. The van der Waals surface area contributed by atoms with Gasteiger partial charge in [-0.25, -0.2) is 18.2 Å². The van der Waals surface area contributed by atoms with Gasteiger partial charge >= 0.3 is 5.97 Å². The SMILES string of the molecule is COC(=O)[C@@H]1Cc2cccc(F)c2[C@H]1NC(=O)c1c(C)nc2c(OCc3c(F)cccc3F)cccn12. The van der Waals surface area contributed by atoms with Crippen molar-refractivity contribution in [1.82, 2.24) is 14.7 Å². The van der Waals surface area contributed by atoms with Gasteiger partial charge in [-0.1, -0.05) is 18.2 Å². The molecule has 2 aromatic heterocycles. The third-order valence-corrected chi connectivity index (χ3v) is 6.52. The lowest BCUT2D eigenvalue weighted by Gasteiger charge is -2.20. The first-order valence-corrected chi connectivity index (χ1v) is 11.5. The number of carbonyl (C=O) groups excluding carboxylic acids is 2. The molecule has 0 bridgehead atoms. The van der Waals surface area contributed by atoms with Crippen LogP contribution in [-0.2, 0) is 22.6 Å². The Morgan fingerprint density at radius 2 is 1.76 bits per heavy atom. The molecule has 1 aliphatic carbocycles. The molecule has 5 rings (SSSR count). The molecule has 0 saturated carbocycles. The van der Waals surface area contributed by atoms with Gasteiger partial charge in [0.25, 0.3) is 5.91 Å². The van der Waals surface area contributed by atoms with Gasteiger partial charge in [0.1, 0.15) is 29.8 Å². The van der Waals surface area contributed by atoms with E-state index in [0.717, 1.165) is 12.1 Å². The molecule has 0 fully saturated rings. The van der Waals surface area contributed by atoms with E-state index in [1.807, 2.05) is 0 Å². The molecule has 0 unspecified atom stereocenters. The van der Waals surface area contributed by atoms with Crippen LogP contribution in [0.4, 0.5) is 13.2 Å². The Kier molecular flexibility index (Phi) is 6.32. The monoisotopic (exact) mass is 509 g/mol. The Morgan fingerprint density at radius 3 is 2.49 bits per heavy atom. The number of hydrogen-bond donors (Lipinski definition) is 1. The van der Waals surface area contributed by atoms with Crippen molar-refractivity contribution in [2.24, 2.45) is 5.92 Å². The molecule has 10 heteroatoms. The second kappa shape index (κ2) is 9.61. The first-order valence-electron chi connectivity index (χ1n) is 11.5. The van der Waals surface area contributed by atoms with Crippen LogP contribution in [0.25, 0.3) is 5.65 Å². The zero-order valence-electron chi connectivity index (χ0n) is 19.9. The Hall–Kier alpha value is -4.34. The van der Waals surface area contributed by atoms with Crippen molar-refractivity contribution in [3.63, 3.8) is 0 Å². The van der Waals surface area contributed by atoms with Gasteiger partial charge in [0.15, 0.2) is 11.4 Å². The summed E-state index contributed by atoms with van der Waals surface area (Å²) in [4.78, 5) is 30.3. The van der Waals surface area contributed by atoms with Crippen LogP contribution in [0.2, 0.25) is 0 Å². The molecular weight excluding hydrogens is 487 g/mol. The number of aryl methyl sites for hydroxylation is 1. The summed E-state index contributed by atoms with van der Waals surface area (Å²) in [6.45, 7) is 1.23. The third-order valence-electron chi connectivity index (χ3n) is 6.52. The van der Waals surface area contributed by atoms with Gasteiger partial charge in [-0.15, -0.1) is 0 Å². The van der Waals surface area contributed by atoms with Gasteiger partial charge in [0, 0.05) is 11.8 Å². The van der Waals surface area contributed by atoms with E-state index in [2.05, 4.69) is 10.3 Å². The van der Waals surface area contributed by atoms with Gasteiger partial charge in [-0.3, -0.25) is 14.0 Å². The van der Waals surface area contributed by atoms with Crippen molar-refractivity contribution < 1.29 is 32.2 Å². The Balaban J connectivity index is 1.46. The highest BCUT2D eigenvalue weighted by molar-refractivity contribution is 5.95. The second-order valence-corrected chi connectivity index (χ2v) is 8.70. The highest BCUT2D eigenvalue weighted by atomic mass is 19.1. The minimum Gasteiger partial charge on any atom is -0.485 e. The number of halogens is 3. The fourth-order valence-electron chi connectivity index (χ4n) is 4.78. The van der Waals surface area contributed by atoms with Crippen LogP contribution >= 0.6 is 0 Å². The largest absolute Gasteiger partial charge is 0.485 e. The Bertz CT molecular complexity index is 1510. The van der Waals surface area contributed by atoms with E-state index in [4.69, 9.17) is 9.47 Å². The molecule has 1 N–H and O–H groups in total. The van der Waals surface area contributed by atoms with Crippen molar-refractivity contribution >= 4 is 17.5 Å². The molecule has 1 aliphatic rings. The maximum absolute atomic E-state index is 14.8. The number of ether oxygens (including phenoxy) is 2. The number of imidazole rings is 1. The fraction of sp³-hybridized carbons (Fsp3) is 0.222. The lowest BCUT2D eigenvalue weighted by atomic mass is 10.00. The van der Waals surface area contributed by atoms with Crippen molar-refractivity contribution in [1.29, 1.82) is 0 Å². The molecule has 7 nitrogen and oxygen atoms in total. The van der Waals surface area contributed by atoms with Crippen LogP contribution < -0.4 is 10.1 Å². The summed E-state index contributed by atoms with van der Waals surface area (Å²) in [6.07, 6.45) is 1.81. The van der Waals surface area contributed by atoms with Crippen LogP contribution in [0.15, 0.2) is 54.7 Å². The molecule has 37 heavy (non-hydrogen) atoms. The predicted molar refractivity (Wildman–Crippen MR) is 126 cm³/mol. The summed E-state index contributed by atoms with van der Waals surface area (Å²) >= 11 is 0. The Labute approximate surface area is 209 Å². The first-order chi connectivity index (χ1) is 17.8. The summed E-state index contributed by atoms with van der Waals surface area (Å²) in [7, 11) is 1.24. The molecule has 4 aromatic rings. The van der Waals surface area contributed by atoms with Crippen molar-refractivity contribution in [2.45, 2.75) is 26.0 Å². The highest BCUT2D eigenvalue weighted by Gasteiger charge is 2.41. The highest BCUT2D eigenvalue weighted by Crippen LogP contribution is 2.39. The second-order valence-electron chi connectivity index (χ2n) is 8.70. The van der Waals surface area contributed by atoms with Gasteiger partial charge in [-0.05, 0) is 49.2 Å². The molecule has 0 spiro atoms. The fourth-order valence-corrected chi connectivity index (χ4v) is 4.78. The van der Waals surface area contributed by atoms with Crippen molar-refractivity contribution in [3.8, 4) is 5.75 Å². The topological polar surface area (TPSA) is 81.9 Å². The molecule has 190 valence electrons. The smallest absolute Gasteiger partial charge is 0.311 e. The van der Waals surface area contributed by atoms with Crippen LogP contribution in [0.5, 0.6) is 5.75 Å². The quantitative estimate of drug-likeness (QED) is 0.389. The van der Waals surface area contributed by atoms with Gasteiger partial charge in [0.2, 0.25) is 0 Å². The summed E-state index contributed by atoms with van der Waals surface area (Å²) in [5, 5.41) is 2.79. The van der Waals surface area contributed by atoms with E-state index < -0.39 is 41.3 Å². The third kappa shape index (κ3) is 4.28. The number of fused-ring (bicyclic) bond motifs is 2. The van der Waals surface area contributed by atoms with Crippen LogP contribution in [-0.4, -0.2) is 28.4 Å². The number of nitrogens with zero attached hydrogens (tertiary/aromatic N) is 2. The molecule has 2 aromatic carbocycles. The molecule has 2 heterocycles. The predicted octanol–water partition coefficient (Wildman–Crippen LogP) is 4.46. The zero-order chi connectivity index (χ0) is 26.3. The van der Waals surface area contributed by atoms with Crippen molar-refractivity contribution in [3.05, 3.63) is 100 Å². The standard InChI is InChI=1S/C27H22F3N3O4/c1-14-24(26(34)32-23-16(27(35)36-2)12-15-6-3-9-20(30)22(15)23)33-11-5-10-21(25(33)31-14)37-13-17-18(28)7-4-8-19(17)29/h3-11,16,23H,12-13H2,1-2H3,(H,32,34)/t16-,23+/m1/s1. The van der Waals surface area contributed by atoms with Crippen molar-refractivity contribution in [2.75, 3.05) is 7.11 Å². The van der Waals surface area contributed by atoms with E-state index in [0.29, 0.717) is 11.3 Å². The molecule has 2 atom stereocenters. The number of benzene rings is 2. The number of methoxy groups -OCH3 is 1. The van der Waals surface area contributed by atoms with Gasteiger partial charge in [-0.2, -0.15) is 0 Å². The Morgan fingerprint density at radius 1 is 1.05 bits per heavy atom. The number of amides is 1. The minimum absolute atomic E-state index is 0.144. The van der Waals surface area contributed by atoms with Crippen LogP contribution in [0.1, 0.15) is 38.9 Å². The number of esters is 1. The lowest BCUT2D eigenvalue weighted by Crippen LogP contribution is -2.36. The average molecular weight is 509 g/mol. The van der Waals surface area contributed by atoms with Gasteiger partial charge < -0.3 is 14.8 Å². The maximum Gasteiger partial charge on any atom is 0.311 e. The van der Waals surface area contributed by atoms with E-state index in [1.54, 1.807) is 37.4 Å². The number of carbonyl (C=O) groups is 2. The number of rotatable bonds is 6. The first kappa shape index (κ1) is 24.4. The molecule has 1 amide bonds. The zero-order valence-corrected chi connectivity index (χ0v) is 19.9. The van der Waals surface area contributed by atoms with E-state index >= 15 is 0 Å². The van der Waals surface area contributed by atoms with Gasteiger partial charge in [0.05, 0.1) is 30.3 Å². The average Bonchev–Trinajstić information content (AvgIpc) is 3.41. The normalized spacial score (nSPS) is 16.5. The van der Waals surface area contributed by atoms with E-state index in [-0.39, 0.29) is 41.2 Å². The minimum atomic E-state index is -0.940. The summed E-state index contributed by atoms with van der Waals surface area (Å²) in [5.41, 5.74) is 1.36. The number of nitrogens with one attached hydrogen (secondary N) is 1. The van der Waals surface area contributed by atoms with E-state index in [9.17, 15) is 22.8 Å². The molecular formula is C27H22F3N3O4.